The summed E-state index contributed by atoms with van der Waals surface area (Å²) in [6, 6.07) is 9.73. The van der Waals surface area contributed by atoms with Gasteiger partial charge in [-0.3, -0.25) is 4.79 Å². The zero-order valence-electron chi connectivity index (χ0n) is 7.53. The molecule has 0 amide bonds. The van der Waals surface area contributed by atoms with Gasteiger partial charge in [-0.25, -0.2) is 0 Å². The third-order valence-electron chi connectivity index (χ3n) is 2.17. The third kappa shape index (κ3) is 1.24. The largest absolute Gasteiger partial charge is 0.314 e. The maximum absolute atomic E-state index is 11.5. The second kappa shape index (κ2) is 3.05. The van der Waals surface area contributed by atoms with Crippen molar-refractivity contribution in [3.8, 4) is 0 Å². The van der Waals surface area contributed by atoms with Crippen molar-refractivity contribution in [2.24, 2.45) is 0 Å². The van der Waals surface area contributed by atoms with Crippen LogP contribution in [0.2, 0.25) is 0 Å². The fraction of sp³-hybridized carbons (Fsp3) is 0.182. The number of rotatable bonds is 2. The van der Waals surface area contributed by atoms with Crippen molar-refractivity contribution in [2.45, 2.75) is 13.3 Å². The minimum atomic E-state index is 0.186. The minimum absolute atomic E-state index is 0.186. The van der Waals surface area contributed by atoms with Crippen LogP contribution in [0, 0.1) is 0 Å². The molecular weight excluding hydrogens is 162 g/mol. The van der Waals surface area contributed by atoms with Crippen molar-refractivity contribution < 1.29 is 4.79 Å². The van der Waals surface area contributed by atoms with Crippen LogP contribution < -0.4 is 0 Å². The first kappa shape index (κ1) is 8.05. The van der Waals surface area contributed by atoms with Gasteiger partial charge in [0.2, 0.25) is 0 Å². The molecule has 2 heteroatoms. The highest BCUT2D eigenvalue weighted by Gasteiger charge is 2.06. The van der Waals surface area contributed by atoms with Gasteiger partial charge < -0.3 is 4.40 Å². The number of carbonyl (C=O) groups is 1. The molecule has 2 nitrogen and oxygen atoms in total. The van der Waals surface area contributed by atoms with Crippen LogP contribution in [-0.2, 0) is 0 Å². The average molecular weight is 173 g/mol. The van der Waals surface area contributed by atoms with Crippen molar-refractivity contribution in [3.05, 3.63) is 42.2 Å². The maximum atomic E-state index is 11.5. The van der Waals surface area contributed by atoms with Crippen LogP contribution in [0.3, 0.4) is 0 Å². The summed E-state index contributed by atoms with van der Waals surface area (Å²) in [5, 5.41) is 0. The van der Waals surface area contributed by atoms with Gasteiger partial charge in [0.25, 0.3) is 0 Å². The van der Waals surface area contributed by atoms with E-state index in [0.717, 1.165) is 11.2 Å². The van der Waals surface area contributed by atoms with E-state index in [0.29, 0.717) is 6.42 Å². The van der Waals surface area contributed by atoms with Gasteiger partial charge in [-0.2, -0.15) is 0 Å². The van der Waals surface area contributed by atoms with E-state index in [9.17, 15) is 4.79 Å². The second-order valence-electron chi connectivity index (χ2n) is 2.99. The van der Waals surface area contributed by atoms with Crippen molar-refractivity contribution in [1.29, 1.82) is 0 Å². The Hall–Kier alpha value is -1.57. The minimum Gasteiger partial charge on any atom is -0.314 e. The van der Waals surface area contributed by atoms with Gasteiger partial charge in [0.05, 0.1) is 5.69 Å². The number of fused-ring (bicyclic) bond motifs is 1. The number of nitrogens with zero attached hydrogens (tertiary/aromatic N) is 1. The molecule has 0 bridgehead atoms. The molecule has 0 aromatic carbocycles. The van der Waals surface area contributed by atoms with Crippen LogP contribution in [0.5, 0.6) is 0 Å². The predicted molar refractivity (Wildman–Crippen MR) is 52.0 cm³/mol. The Morgan fingerprint density at radius 3 is 2.92 bits per heavy atom. The Labute approximate surface area is 76.8 Å². The topological polar surface area (TPSA) is 21.5 Å². The summed E-state index contributed by atoms with van der Waals surface area (Å²) in [4.78, 5) is 11.5. The maximum Gasteiger partial charge on any atom is 0.179 e. The highest BCUT2D eigenvalue weighted by Crippen LogP contribution is 2.11. The first-order valence-electron chi connectivity index (χ1n) is 4.42. The number of aromatic nitrogens is 1. The number of ketones is 1. The standard InChI is InChI=1S/C11H11NO/c1-2-11(13)10-7-6-9-5-3-4-8-12(9)10/h3-8H,2H2,1H3. The van der Waals surface area contributed by atoms with Crippen molar-refractivity contribution in [3.63, 3.8) is 0 Å². The molecule has 0 saturated carbocycles. The van der Waals surface area contributed by atoms with Crippen LogP contribution in [0.4, 0.5) is 0 Å². The van der Waals surface area contributed by atoms with Gasteiger partial charge in [0.15, 0.2) is 5.78 Å². The molecule has 0 radical (unpaired) electrons. The summed E-state index contributed by atoms with van der Waals surface area (Å²) < 4.78 is 1.92. The third-order valence-corrected chi connectivity index (χ3v) is 2.17. The molecule has 0 unspecified atom stereocenters. The lowest BCUT2D eigenvalue weighted by Gasteiger charge is -1.98. The summed E-state index contributed by atoms with van der Waals surface area (Å²) in [7, 11) is 0. The van der Waals surface area contributed by atoms with Crippen molar-refractivity contribution >= 4 is 11.3 Å². The van der Waals surface area contributed by atoms with Crippen LogP contribution in [0.25, 0.3) is 5.52 Å². The molecular formula is C11H11NO. The lowest BCUT2D eigenvalue weighted by Crippen LogP contribution is -2.00. The van der Waals surface area contributed by atoms with Crippen LogP contribution >= 0.6 is 0 Å². The van der Waals surface area contributed by atoms with Gasteiger partial charge >= 0.3 is 0 Å². The molecule has 0 aliphatic heterocycles. The molecule has 0 saturated heterocycles. The summed E-state index contributed by atoms with van der Waals surface area (Å²) in [5.74, 6) is 0.186. The molecule has 2 rings (SSSR count). The molecule has 2 aromatic rings. The van der Waals surface area contributed by atoms with E-state index in [1.807, 2.05) is 47.9 Å². The van der Waals surface area contributed by atoms with Crippen LogP contribution in [0.1, 0.15) is 23.8 Å². The Morgan fingerprint density at radius 2 is 2.15 bits per heavy atom. The smallest absolute Gasteiger partial charge is 0.179 e. The van der Waals surface area contributed by atoms with E-state index in [4.69, 9.17) is 0 Å². The Morgan fingerprint density at radius 1 is 1.31 bits per heavy atom. The summed E-state index contributed by atoms with van der Waals surface area (Å²) in [5.41, 5.74) is 1.84. The first-order chi connectivity index (χ1) is 6.33. The van der Waals surface area contributed by atoms with Gasteiger partial charge in [0, 0.05) is 18.1 Å². The molecule has 0 atom stereocenters. The first-order valence-corrected chi connectivity index (χ1v) is 4.42. The zero-order valence-corrected chi connectivity index (χ0v) is 7.53. The predicted octanol–water partition coefficient (Wildman–Crippen LogP) is 2.53. The monoisotopic (exact) mass is 173 g/mol. The lowest BCUT2D eigenvalue weighted by atomic mass is 10.2. The Balaban J connectivity index is 2.64. The van der Waals surface area contributed by atoms with E-state index >= 15 is 0 Å². The highest BCUT2D eigenvalue weighted by atomic mass is 16.1. The number of carbonyl (C=O) groups excluding carboxylic acids is 1. The van der Waals surface area contributed by atoms with Crippen molar-refractivity contribution in [2.75, 3.05) is 0 Å². The normalized spacial score (nSPS) is 10.5. The fourth-order valence-electron chi connectivity index (χ4n) is 1.46. The van der Waals surface area contributed by atoms with Gasteiger partial charge in [0.1, 0.15) is 0 Å². The number of hydrogen-bond acceptors (Lipinski definition) is 1. The van der Waals surface area contributed by atoms with Crippen LogP contribution in [-0.4, -0.2) is 10.2 Å². The van der Waals surface area contributed by atoms with E-state index < -0.39 is 0 Å². The molecule has 0 aliphatic rings. The molecule has 0 spiro atoms. The summed E-state index contributed by atoms with van der Waals surface area (Å²) >= 11 is 0. The van der Waals surface area contributed by atoms with E-state index in [1.165, 1.54) is 0 Å². The summed E-state index contributed by atoms with van der Waals surface area (Å²) in [6.45, 7) is 1.88. The van der Waals surface area contributed by atoms with E-state index in [-0.39, 0.29) is 5.78 Å². The highest BCUT2D eigenvalue weighted by molar-refractivity contribution is 5.95. The Kier molecular flexibility index (Phi) is 1.89. The molecule has 2 heterocycles. The lowest BCUT2D eigenvalue weighted by molar-refractivity contribution is 0.0982. The molecule has 0 N–H and O–H groups in total. The van der Waals surface area contributed by atoms with Gasteiger partial charge in [-0.15, -0.1) is 0 Å². The van der Waals surface area contributed by atoms with Gasteiger partial charge in [-0.1, -0.05) is 13.0 Å². The molecule has 0 aliphatic carbocycles. The van der Waals surface area contributed by atoms with Crippen molar-refractivity contribution in [1.82, 2.24) is 4.40 Å². The van der Waals surface area contributed by atoms with E-state index in [2.05, 4.69) is 0 Å². The molecule has 0 fully saturated rings. The number of pyridine rings is 1. The molecule has 66 valence electrons. The summed E-state index contributed by atoms with van der Waals surface area (Å²) in [6.07, 6.45) is 2.47. The molecule has 13 heavy (non-hydrogen) atoms. The number of Topliss-reactive ketones (excluding diaryl/α,β-unsaturated/α-hetero) is 1. The zero-order chi connectivity index (χ0) is 9.26. The SMILES string of the molecule is CCC(=O)c1ccc2ccccn12. The number of hydrogen-bond donors (Lipinski definition) is 0. The molecule has 2 aromatic heterocycles. The quantitative estimate of drug-likeness (QED) is 0.639. The Bertz CT molecular complexity index is 442. The van der Waals surface area contributed by atoms with E-state index in [1.54, 1.807) is 0 Å². The average Bonchev–Trinajstić information content (AvgIpc) is 2.60. The fourth-order valence-corrected chi connectivity index (χ4v) is 1.46. The second-order valence-corrected chi connectivity index (χ2v) is 2.99. The van der Waals surface area contributed by atoms with Gasteiger partial charge in [-0.05, 0) is 24.3 Å². The van der Waals surface area contributed by atoms with Crippen LogP contribution in [0.15, 0.2) is 36.5 Å².